The lowest BCUT2D eigenvalue weighted by atomic mass is 10.2. The van der Waals surface area contributed by atoms with Crippen molar-refractivity contribution < 1.29 is 24.0 Å². The van der Waals surface area contributed by atoms with Gasteiger partial charge in [-0.1, -0.05) is 6.07 Å². The van der Waals surface area contributed by atoms with Gasteiger partial charge in [-0.15, -0.1) is 11.8 Å². The summed E-state index contributed by atoms with van der Waals surface area (Å²) >= 11 is 1.19. The number of carbonyl (C=O) groups excluding carboxylic acids is 2. The maximum absolute atomic E-state index is 12.1. The standard InChI is InChI=1S/C19H20N2O6S/c1-12-4-9-17(26-3)16(10-12)20-18(22)11-27-19(23)13(2)28-15-7-5-14(6-8-15)21(24)25/h4-10,13H,11H2,1-3H3,(H,20,22)/t13-/m1/s1. The summed E-state index contributed by atoms with van der Waals surface area (Å²) in [6.45, 7) is 3.09. The zero-order valence-corrected chi connectivity index (χ0v) is 16.4. The number of aryl methyl sites for hydroxylation is 1. The van der Waals surface area contributed by atoms with E-state index in [-0.39, 0.29) is 5.69 Å². The van der Waals surface area contributed by atoms with Crippen LogP contribution in [0.4, 0.5) is 11.4 Å². The Morgan fingerprint density at radius 2 is 1.89 bits per heavy atom. The average Bonchev–Trinajstić information content (AvgIpc) is 2.66. The smallest absolute Gasteiger partial charge is 0.319 e. The lowest BCUT2D eigenvalue weighted by Gasteiger charge is -2.13. The van der Waals surface area contributed by atoms with E-state index in [1.165, 1.54) is 31.0 Å². The van der Waals surface area contributed by atoms with Crippen molar-refractivity contribution in [2.45, 2.75) is 24.0 Å². The molecule has 0 aliphatic heterocycles. The number of ether oxygens (including phenoxy) is 2. The lowest BCUT2D eigenvalue weighted by Crippen LogP contribution is -2.25. The van der Waals surface area contributed by atoms with E-state index in [1.807, 2.05) is 13.0 Å². The Bertz CT molecular complexity index is 869. The number of carbonyl (C=O) groups is 2. The Hall–Kier alpha value is -3.07. The highest BCUT2D eigenvalue weighted by Crippen LogP contribution is 2.27. The van der Waals surface area contributed by atoms with E-state index in [0.717, 1.165) is 5.56 Å². The van der Waals surface area contributed by atoms with Gasteiger partial charge in [0.2, 0.25) is 0 Å². The number of nitrogens with one attached hydrogen (secondary N) is 1. The summed E-state index contributed by atoms with van der Waals surface area (Å²) in [4.78, 5) is 35.0. The van der Waals surface area contributed by atoms with E-state index >= 15 is 0 Å². The first-order valence-electron chi connectivity index (χ1n) is 8.32. The summed E-state index contributed by atoms with van der Waals surface area (Å²) in [6.07, 6.45) is 0. The molecule has 1 N–H and O–H groups in total. The number of methoxy groups -OCH3 is 1. The van der Waals surface area contributed by atoms with E-state index in [0.29, 0.717) is 16.3 Å². The molecule has 2 rings (SSSR count). The van der Waals surface area contributed by atoms with Gasteiger partial charge in [-0.3, -0.25) is 19.7 Å². The number of nitro groups is 1. The van der Waals surface area contributed by atoms with Crippen molar-refractivity contribution in [2.75, 3.05) is 19.0 Å². The Kier molecular flexibility index (Phi) is 7.39. The molecule has 0 aliphatic carbocycles. The molecule has 0 aromatic heterocycles. The van der Waals surface area contributed by atoms with Crippen LogP contribution < -0.4 is 10.1 Å². The van der Waals surface area contributed by atoms with Crippen LogP contribution in [-0.4, -0.2) is 35.8 Å². The van der Waals surface area contributed by atoms with Gasteiger partial charge in [0, 0.05) is 17.0 Å². The number of benzene rings is 2. The third-order valence-electron chi connectivity index (χ3n) is 3.67. The number of non-ortho nitro benzene ring substituents is 1. The molecule has 0 fully saturated rings. The van der Waals surface area contributed by atoms with E-state index in [9.17, 15) is 19.7 Å². The number of esters is 1. The lowest BCUT2D eigenvalue weighted by molar-refractivity contribution is -0.384. The van der Waals surface area contributed by atoms with Crippen LogP contribution in [0.2, 0.25) is 0 Å². The topological polar surface area (TPSA) is 108 Å². The van der Waals surface area contributed by atoms with Crippen molar-refractivity contribution in [3.05, 3.63) is 58.1 Å². The maximum Gasteiger partial charge on any atom is 0.319 e. The van der Waals surface area contributed by atoms with Crippen molar-refractivity contribution in [3.8, 4) is 5.75 Å². The normalized spacial score (nSPS) is 11.4. The van der Waals surface area contributed by atoms with E-state index in [4.69, 9.17) is 9.47 Å². The third-order valence-corrected chi connectivity index (χ3v) is 4.76. The molecule has 0 aliphatic rings. The van der Waals surface area contributed by atoms with Crippen LogP contribution in [0, 0.1) is 17.0 Å². The molecule has 2 aromatic carbocycles. The highest BCUT2D eigenvalue weighted by molar-refractivity contribution is 8.00. The number of nitrogens with zero attached hydrogens (tertiary/aromatic N) is 1. The van der Waals surface area contributed by atoms with Crippen LogP contribution >= 0.6 is 11.8 Å². The fourth-order valence-corrected chi connectivity index (χ4v) is 3.12. The van der Waals surface area contributed by atoms with Gasteiger partial charge < -0.3 is 14.8 Å². The van der Waals surface area contributed by atoms with E-state index in [2.05, 4.69) is 5.32 Å². The number of hydrogen-bond acceptors (Lipinski definition) is 7. The van der Waals surface area contributed by atoms with Gasteiger partial charge in [-0.25, -0.2) is 0 Å². The highest BCUT2D eigenvalue weighted by Gasteiger charge is 2.18. The first-order valence-corrected chi connectivity index (χ1v) is 9.20. The third kappa shape index (κ3) is 5.98. The number of rotatable bonds is 8. The van der Waals surface area contributed by atoms with Gasteiger partial charge in [0.1, 0.15) is 11.0 Å². The van der Waals surface area contributed by atoms with Crippen LogP contribution in [0.3, 0.4) is 0 Å². The Balaban J connectivity index is 1.86. The SMILES string of the molecule is COc1ccc(C)cc1NC(=O)COC(=O)[C@@H](C)Sc1ccc([N+](=O)[O-])cc1. The quantitative estimate of drug-likeness (QED) is 0.310. The molecule has 9 heteroatoms. The summed E-state index contributed by atoms with van der Waals surface area (Å²) in [5, 5.41) is 12.7. The second kappa shape index (κ2) is 9.75. The fraction of sp³-hybridized carbons (Fsp3) is 0.263. The molecule has 28 heavy (non-hydrogen) atoms. The molecule has 1 atom stereocenters. The molecule has 0 unspecified atom stereocenters. The molecule has 2 aromatic rings. The monoisotopic (exact) mass is 404 g/mol. The van der Waals surface area contributed by atoms with Gasteiger partial charge in [-0.05, 0) is 43.7 Å². The highest BCUT2D eigenvalue weighted by atomic mass is 32.2. The predicted molar refractivity (Wildman–Crippen MR) is 106 cm³/mol. The van der Waals surface area contributed by atoms with Crippen molar-refractivity contribution in [1.29, 1.82) is 0 Å². The van der Waals surface area contributed by atoms with Gasteiger partial charge in [-0.2, -0.15) is 0 Å². The first kappa shape index (κ1) is 21.2. The van der Waals surface area contributed by atoms with E-state index in [1.54, 1.807) is 31.2 Å². The Morgan fingerprint density at radius 3 is 2.50 bits per heavy atom. The van der Waals surface area contributed by atoms with Crippen molar-refractivity contribution in [1.82, 2.24) is 0 Å². The summed E-state index contributed by atoms with van der Waals surface area (Å²) in [7, 11) is 1.50. The van der Waals surface area contributed by atoms with Gasteiger partial charge >= 0.3 is 5.97 Å². The zero-order valence-electron chi connectivity index (χ0n) is 15.6. The molecule has 0 saturated carbocycles. The summed E-state index contributed by atoms with van der Waals surface area (Å²) in [6, 6.07) is 11.2. The van der Waals surface area contributed by atoms with Crippen molar-refractivity contribution in [3.63, 3.8) is 0 Å². The molecular weight excluding hydrogens is 384 g/mol. The first-order chi connectivity index (χ1) is 13.3. The molecule has 8 nitrogen and oxygen atoms in total. The van der Waals surface area contributed by atoms with Gasteiger partial charge in [0.25, 0.3) is 11.6 Å². The molecular formula is C19H20N2O6S. The number of hydrogen-bond donors (Lipinski definition) is 1. The molecule has 0 bridgehead atoms. The van der Waals surface area contributed by atoms with Crippen LogP contribution in [0.15, 0.2) is 47.4 Å². The summed E-state index contributed by atoms with van der Waals surface area (Å²) in [5.74, 6) is -0.535. The Labute approximate surface area is 166 Å². The van der Waals surface area contributed by atoms with Gasteiger partial charge in [0.05, 0.1) is 17.7 Å². The number of nitro benzene ring substituents is 1. The summed E-state index contributed by atoms with van der Waals surface area (Å²) < 4.78 is 10.2. The fourth-order valence-electron chi connectivity index (χ4n) is 2.26. The molecule has 1 amide bonds. The molecule has 0 spiro atoms. The van der Waals surface area contributed by atoms with Crippen molar-refractivity contribution >= 4 is 35.0 Å². The van der Waals surface area contributed by atoms with E-state index < -0.39 is 28.7 Å². The number of thioether (sulfide) groups is 1. The van der Waals surface area contributed by atoms with Crippen LogP contribution in [-0.2, 0) is 14.3 Å². The minimum absolute atomic E-state index is 0.0252. The molecule has 0 radical (unpaired) electrons. The van der Waals surface area contributed by atoms with Crippen LogP contribution in [0.25, 0.3) is 0 Å². The second-order valence-corrected chi connectivity index (χ2v) is 7.28. The zero-order chi connectivity index (χ0) is 20.7. The number of anilines is 1. The predicted octanol–water partition coefficient (Wildman–Crippen LogP) is 3.57. The minimum atomic E-state index is -0.581. The second-order valence-electron chi connectivity index (χ2n) is 5.87. The molecule has 0 heterocycles. The van der Waals surface area contributed by atoms with Crippen LogP contribution in [0.5, 0.6) is 5.75 Å². The van der Waals surface area contributed by atoms with Gasteiger partial charge in [0.15, 0.2) is 6.61 Å². The largest absolute Gasteiger partial charge is 0.495 e. The molecule has 148 valence electrons. The number of amides is 1. The Morgan fingerprint density at radius 1 is 1.21 bits per heavy atom. The maximum atomic E-state index is 12.1. The summed E-state index contributed by atoms with van der Waals surface area (Å²) in [5.41, 5.74) is 1.42. The minimum Gasteiger partial charge on any atom is -0.495 e. The van der Waals surface area contributed by atoms with Crippen LogP contribution in [0.1, 0.15) is 12.5 Å². The molecule has 0 saturated heterocycles. The van der Waals surface area contributed by atoms with Crippen molar-refractivity contribution in [2.24, 2.45) is 0 Å². The average molecular weight is 404 g/mol.